The third kappa shape index (κ3) is 17.9. The van der Waals surface area contributed by atoms with Gasteiger partial charge < -0.3 is 43.4 Å². The fraction of sp³-hybridized carbons (Fsp3) is 0.692. The van der Waals surface area contributed by atoms with Gasteiger partial charge in [0.05, 0.1) is 12.1 Å². The Morgan fingerprint density at radius 1 is 0.760 bits per heavy atom. The van der Waals surface area contributed by atoms with Crippen molar-refractivity contribution in [3.8, 4) is 0 Å². The molecule has 12 heteroatoms. The van der Waals surface area contributed by atoms with E-state index in [1.165, 1.54) is 0 Å². The fourth-order valence-corrected chi connectivity index (χ4v) is 0.672. The third-order valence-corrected chi connectivity index (χ3v) is 2.42. The van der Waals surface area contributed by atoms with Gasteiger partial charge in [0.1, 0.15) is 0 Å². The maximum absolute atomic E-state index is 10.0. The Bertz CT molecular complexity index is 381. The minimum atomic E-state index is -2.27. The number of primary amides is 2. The van der Waals surface area contributed by atoms with Gasteiger partial charge in [-0.15, -0.1) is 0 Å². The van der Waals surface area contributed by atoms with Gasteiger partial charge >= 0.3 is 11.9 Å². The Morgan fingerprint density at radius 2 is 0.960 bits per heavy atom. The molecule has 150 valence electrons. The molecule has 25 heavy (non-hydrogen) atoms. The molecule has 12 N–H and O–H groups in total. The van der Waals surface area contributed by atoms with E-state index < -0.39 is 48.0 Å². The molecule has 0 aliphatic carbocycles. The van der Waals surface area contributed by atoms with E-state index in [0.29, 0.717) is 12.8 Å². The van der Waals surface area contributed by atoms with Gasteiger partial charge in [0.15, 0.2) is 12.2 Å². The molecule has 0 aromatic rings. The average Bonchev–Trinajstić information content (AvgIpc) is 2.52. The number of carbonyl (C=O) groups excluding carboxylic acids is 2. The quantitative estimate of drug-likeness (QED) is 0.224. The molecule has 0 aliphatic heterocycles. The zero-order valence-electron chi connectivity index (χ0n) is 13.5. The maximum Gasteiger partial charge on any atom is 0.335 e. The first kappa shape index (κ1) is 30.6. The second-order valence-electron chi connectivity index (χ2n) is 4.40. The van der Waals surface area contributed by atoms with Crippen LogP contribution in [0.15, 0.2) is 0 Å². The Labute approximate surface area is 145 Å². The van der Waals surface area contributed by atoms with E-state index >= 15 is 0 Å². The smallest absolute Gasteiger partial charge is 0.335 e. The minimum Gasteiger partial charge on any atom is -0.479 e. The largest absolute Gasteiger partial charge is 0.479 e. The Kier molecular flexibility index (Phi) is 20.3. The van der Waals surface area contributed by atoms with Crippen LogP contribution in [0.4, 0.5) is 0 Å². The number of aliphatic hydroxyl groups is 2. The lowest BCUT2D eigenvalue weighted by Gasteiger charge is -2.07. The first-order chi connectivity index (χ1) is 10.8. The lowest BCUT2D eigenvalue weighted by Crippen LogP contribution is -2.39. The number of carboxylic acid groups (broad SMARTS) is 2. The summed E-state index contributed by atoms with van der Waals surface area (Å²) >= 11 is 0. The second kappa shape index (κ2) is 16.6. The molecule has 0 aliphatic rings. The van der Waals surface area contributed by atoms with Crippen molar-refractivity contribution in [2.45, 2.75) is 58.4 Å². The highest BCUT2D eigenvalue weighted by Gasteiger charge is 2.29. The predicted octanol–water partition coefficient (Wildman–Crippen LogP) is -3.07. The number of aliphatic carboxylic acids is 2. The van der Waals surface area contributed by atoms with E-state index in [1.54, 1.807) is 0 Å². The van der Waals surface area contributed by atoms with Gasteiger partial charge in [-0.3, -0.25) is 9.59 Å². The molecule has 0 heterocycles. The van der Waals surface area contributed by atoms with Crippen LogP contribution in [0, 0.1) is 0 Å². The van der Waals surface area contributed by atoms with Crippen molar-refractivity contribution in [2.24, 2.45) is 22.9 Å². The first-order valence-electron chi connectivity index (χ1n) is 6.74. The Morgan fingerprint density at radius 3 is 1.00 bits per heavy atom. The summed E-state index contributed by atoms with van der Waals surface area (Å²) in [6.45, 7) is 3.63. The summed E-state index contributed by atoms with van der Waals surface area (Å²) in [4.78, 5) is 39.6. The van der Waals surface area contributed by atoms with Crippen LogP contribution in [-0.2, 0) is 19.2 Å². The topological polar surface area (TPSA) is 253 Å². The van der Waals surface area contributed by atoms with E-state index in [1.807, 2.05) is 13.8 Å². The van der Waals surface area contributed by atoms with Crippen LogP contribution < -0.4 is 22.9 Å². The standard InChI is InChI=1S/2C4H10N2O.C4H6O6.CH4/c2*1-2-3(5)4(6)7;5-1(3(7)8)2(6)4(9)10;/h2*3H,2,5H2,1H3,(H2,6,7);1-2,5-6H,(H,7,8)(H,9,10);1H4/t2*3-;1-,2-;/m001./s1. The van der Waals surface area contributed by atoms with Gasteiger partial charge in [-0.25, -0.2) is 9.59 Å². The molecule has 0 unspecified atom stereocenters. The summed E-state index contributed by atoms with van der Waals surface area (Å²) in [6.07, 6.45) is -3.29. The number of hydrogen-bond acceptors (Lipinski definition) is 8. The number of amides is 2. The van der Waals surface area contributed by atoms with E-state index in [2.05, 4.69) is 0 Å². The van der Waals surface area contributed by atoms with Crippen molar-refractivity contribution in [3.63, 3.8) is 0 Å². The zero-order valence-corrected chi connectivity index (χ0v) is 13.5. The van der Waals surface area contributed by atoms with Gasteiger partial charge in [0.25, 0.3) is 0 Å². The number of aliphatic hydroxyl groups excluding tert-OH is 2. The molecule has 0 radical (unpaired) electrons. The lowest BCUT2D eigenvalue weighted by molar-refractivity contribution is -0.165. The fourth-order valence-electron chi connectivity index (χ4n) is 0.672. The molecular weight excluding hydrogens is 340 g/mol. The van der Waals surface area contributed by atoms with Gasteiger partial charge in [0.2, 0.25) is 11.8 Å². The highest BCUT2D eigenvalue weighted by molar-refractivity contribution is 5.83. The molecule has 0 fully saturated rings. The zero-order chi connectivity index (χ0) is 20.0. The van der Waals surface area contributed by atoms with Gasteiger partial charge in [-0.05, 0) is 12.8 Å². The summed E-state index contributed by atoms with van der Waals surface area (Å²) in [7, 11) is 0. The Balaban J connectivity index is -0.000000133. The number of hydrogen-bond donors (Lipinski definition) is 8. The van der Waals surface area contributed by atoms with E-state index in [4.69, 9.17) is 43.4 Å². The van der Waals surface area contributed by atoms with Crippen molar-refractivity contribution in [1.82, 2.24) is 0 Å². The molecule has 0 saturated heterocycles. The molecular formula is C13H30N4O8. The monoisotopic (exact) mass is 370 g/mol. The van der Waals surface area contributed by atoms with E-state index in [0.717, 1.165) is 0 Å². The Hall–Kier alpha value is -2.28. The highest BCUT2D eigenvalue weighted by atomic mass is 16.4. The van der Waals surface area contributed by atoms with Crippen LogP contribution in [0.3, 0.4) is 0 Å². The SMILES string of the molecule is C.CC[C@H](N)C(N)=O.CC[C@H](N)C(N)=O.O=C(O)[C@H](O)[C@@H](O)C(=O)O. The molecule has 0 aromatic carbocycles. The van der Waals surface area contributed by atoms with Crippen molar-refractivity contribution in [3.05, 3.63) is 0 Å². The lowest BCUT2D eigenvalue weighted by atomic mass is 10.2. The number of nitrogens with two attached hydrogens (primary N) is 4. The molecule has 2 amide bonds. The normalized spacial score (nSPS) is 13.8. The molecule has 0 spiro atoms. The van der Waals surface area contributed by atoms with Gasteiger partial charge in [-0.1, -0.05) is 21.3 Å². The van der Waals surface area contributed by atoms with E-state index in [-0.39, 0.29) is 7.43 Å². The van der Waals surface area contributed by atoms with Crippen LogP contribution in [0.2, 0.25) is 0 Å². The van der Waals surface area contributed by atoms with Crippen LogP contribution in [-0.4, -0.2) is 68.5 Å². The molecule has 0 bridgehead atoms. The highest BCUT2D eigenvalue weighted by Crippen LogP contribution is 1.92. The maximum atomic E-state index is 10.0. The van der Waals surface area contributed by atoms with Crippen LogP contribution >= 0.6 is 0 Å². The van der Waals surface area contributed by atoms with Crippen molar-refractivity contribution in [2.75, 3.05) is 0 Å². The van der Waals surface area contributed by atoms with Crippen molar-refractivity contribution >= 4 is 23.8 Å². The second-order valence-corrected chi connectivity index (χ2v) is 4.40. The van der Waals surface area contributed by atoms with Crippen molar-refractivity contribution in [1.29, 1.82) is 0 Å². The summed E-state index contributed by atoms with van der Waals surface area (Å²) in [5.41, 5.74) is 19.8. The summed E-state index contributed by atoms with van der Waals surface area (Å²) < 4.78 is 0. The third-order valence-electron chi connectivity index (χ3n) is 2.42. The van der Waals surface area contributed by atoms with Gasteiger partial charge in [-0.2, -0.15) is 0 Å². The van der Waals surface area contributed by atoms with Crippen LogP contribution in [0.25, 0.3) is 0 Å². The number of carboxylic acids is 2. The molecule has 0 aromatic heterocycles. The molecule has 4 atom stereocenters. The summed E-state index contributed by atoms with van der Waals surface area (Å²) in [6, 6.07) is -0.917. The number of carbonyl (C=O) groups is 4. The summed E-state index contributed by atoms with van der Waals surface area (Å²) in [5, 5.41) is 32.5. The first-order valence-corrected chi connectivity index (χ1v) is 6.74. The predicted molar refractivity (Wildman–Crippen MR) is 88.9 cm³/mol. The minimum absolute atomic E-state index is 0. The molecule has 0 rings (SSSR count). The van der Waals surface area contributed by atoms with Crippen LogP contribution in [0.5, 0.6) is 0 Å². The summed E-state index contributed by atoms with van der Waals surface area (Å²) in [5.74, 6) is -4.39. The van der Waals surface area contributed by atoms with Gasteiger partial charge in [0, 0.05) is 0 Å². The number of rotatable bonds is 7. The van der Waals surface area contributed by atoms with Crippen LogP contribution in [0.1, 0.15) is 34.1 Å². The molecule has 12 nitrogen and oxygen atoms in total. The van der Waals surface area contributed by atoms with Crippen molar-refractivity contribution < 1.29 is 39.6 Å². The van der Waals surface area contributed by atoms with E-state index in [9.17, 15) is 19.2 Å². The average molecular weight is 370 g/mol. The molecule has 0 saturated carbocycles.